The highest BCUT2D eigenvalue weighted by Crippen LogP contribution is 2.31. The summed E-state index contributed by atoms with van der Waals surface area (Å²) in [7, 11) is 3.75. The number of aromatic nitrogens is 2. The Balaban J connectivity index is 1.49. The van der Waals surface area contributed by atoms with Crippen molar-refractivity contribution in [2.24, 2.45) is 0 Å². The first kappa shape index (κ1) is 19.4. The number of benzene rings is 1. The van der Waals surface area contributed by atoms with Crippen LogP contribution in [0.15, 0.2) is 48.1 Å². The van der Waals surface area contributed by atoms with Crippen molar-refractivity contribution in [3.8, 4) is 16.3 Å². The van der Waals surface area contributed by atoms with Crippen molar-refractivity contribution in [2.45, 2.75) is 0 Å². The van der Waals surface area contributed by atoms with Crippen LogP contribution in [-0.4, -0.2) is 61.1 Å². The van der Waals surface area contributed by atoms with Gasteiger partial charge in [-0.3, -0.25) is 9.78 Å². The van der Waals surface area contributed by atoms with E-state index in [0.29, 0.717) is 17.1 Å². The maximum absolute atomic E-state index is 12.7. The maximum atomic E-state index is 12.7. The summed E-state index contributed by atoms with van der Waals surface area (Å²) in [5.74, 6) is 0.375. The minimum absolute atomic E-state index is 0.262. The van der Waals surface area contributed by atoms with Crippen molar-refractivity contribution in [1.82, 2.24) is 14.9 Å². The fraction of sp³-hybridized carbons (Fsp3) is 0.286. The highest BCUT2D eigenvalue weighted by Gasteiger charge is 2.18. The van der Waals surface area contributed by atoms with E-state index in [2.05, 4.69) is 32.1 Å². The number of ether oxygens (including phenoxy) is 1. The summed E-state index contributed by atoms with van der Waals surface area (Å²) in [5.41, 5.74) is 3.00. The topological polar surface area (TPSA) is 70.6 Å². The largest absolute Gasteiger partial charge is 0.494 e. The Kier molecular flexibility index (Phi) is 5.73. The SMILES string of the molecule is COc1cc(N2CCN(C)CC2)ccc1NC(=O)c1csc(-c2cccnc2)n1. The number of methoxy groups -OCH3 is 1. The number of anilines is 2. The highest BCUT2D eigenvalue weighted by molar-refractivity contribution is 7.13. The Morgan fingerprint density at radius 2 is 2.03 bits per heavy atom. The van der Waals surface area contributed by atoms with E-state index in [4.69, 9.17) is 4.74 Å². The van der Waals surface area contributed by atoms with Crippen LogP contribution in [0.2, 0.25) is 0 Å². The highest BCUT2D eigenvalue weighted by atomic mass is 32.1. The van der Waals surface area contributed by atoms with E-state index in [1.807, 2.05) is 30.3 Å². The van der Waals surface area contributed by atoms with Gasteiger partial charge in [-0.15, -0.1) is 11.3 Å². The van der Waals surface area contributed by atoms with Crippen LogP contribution in [0.3, 0.4) is 0 Å². The minimum Gasteiger partial charge on any atom is -0.494 e. The van der Waals surface area contributed by atoms with Gasteiger partial charge in [0.05, 0.1) is 12.8 Å². The van der Waals surface area contributed by atoms with Gasteiger partial charge in [-0.2, -0.15) is 0 Å². The summed E-state index contributed by atoms with van der Waals surface area (Å²) in [5, 5.41) is 5.43. The van der Waals surface area contributed by atoms with Crippen LogP contribution in [0.4, 0.5) is 11.4 Å². The molecule has 1 aliphatic heterocycles. The third kappa shape index (κ3) is 4.38. The first-order valence-electron chi connectivity index (χ1n) is 9.43. The lowest BCUT2D eigenvalue weighted by atomic mass is 10.2. The summed E-state index contributed by atoms with van der Waals surface area (Å²) in [4.78, 5) is 25.9. The Labute approximate surface area is 174 Å². The molecule has 2 aromatic heterocycles. The van der Waals surface area contributed by atoms with Gasteiger partial charge in [-0.1, -0.05) is 0 Å². The van der Waals surface area contributed by atoms with Crippen LogP contribution < -0.4 is 15.0 Å². The number of pyridine rings is 1. The van der Waals surface area contributed by atoms with Gasteiger partial charge in [-0.05, 0) is 31.3 Å². The summed E-state index contributed by atoms with van der Waals surface area (Å²) in [6.07, 6.45) is 3.45. The zero-order valence-electron chi connectivity index (χ0n) is 16.5. The number of hydrogen-bond acceptors (Lipinski definition) is 7. The number of nitrogens with one attached hydrogen (secondary N) is 1. The Morgan fingerprint density at radius 1 is 1.21 bits per heavy atom. The number of carbonyl (C=O) groups is 1. The maximum Gasteiger partial charge on any atom is 0.275 e. The summed E-state index contributed by atoms with van der Waals surface area (Å²) >= 11 is 1.42. The van der Waals surface area contributed by atoms with Crippen molar-refractivity contribution in [3.63, 3.8) is 0 Å². The number of nitrogens with zero attached hydrogens (tertiary/aromatic N) is 4. The number of rotatable bonds is 5. The third-order valence-corrected chi connectivity index (χ3v) is 5.84. The second-order valence-electron chi connectivity index (χ2n) is 6.91. The molecule has 1 saturated heterocycles. The van der Waals surface area contributed by atoms with Gasteiger partial charge in [0.2, 0.25) is 0 Å². The van der Waals surface area contributed by atoms with E-state index >= 15 is 0 Å². The molecule has 1 aromatic carbocycles. The van der Waals surface area contributed by atoms with Crippen molar-refractivity contribution in [2.75, 3.05) is 50.6 Å². The molecule has 1 aliphatic rings. The molecule has 3 aromatic rings. The van der Waals surface area contributed by atoms with Crippen molar-refractivity contribution >= 4 is 28.6 Å². The van der Waals surface area contributed by atoms with Gasteiger partial charge < -0.3 is 19.9 Å². The molecule has 150 valence electrons. The molecule has 0 spiro atoms. The molecule has 0 saturated carbocycles. The number of carbonyl (C=O) groups excluding carboxylic acids is 1. The lowest BCUT2D eigenvalue weighted by Crippen LogP contribution is -2.44. The quantitative estimate of drug-likeness (QED) is 0.698. The molecule has 0 atom stereocenters. The zero-order chi connectivity index (χ0) is 20.2. The van der Waals surface area contributed by atoms with E-state index < -0.39 is 0 Å². The summed E-state index contributed by atoms with van der Waals surface area (Å²) in [6.45, 7) is 4.01. The summed E-state index contributed by atoms with van der Waals surface area (Å²) in [6, 6.07) is 9.66. The molecule has 1 amide bonds. The molecular weight excluding hydrogens is 386 g/mol. The van der Waals surface area contributed by atoms with Crippen LogP contribution in [0.5, 0.6) is 5.75 Å². The average Bonchev–Trinajstić information content (AvgIpc) is 3.26. The van der Waals surface area contributed by atoms with Gasteiger partial charge >= 0.3 is 0 Å². The minimum atomic E-state index is -0.262. The van der Waals surface area contributed by atoms with Crippen LogP contribution in [0, 0.1) is 0 Å². The smallest absolute Gasteiger partial charge is 0.275 e. The predicted molar refractivity (Wildman–Crippen MR) is 116 cm³/mol. The predicted octanol–water partition coefficient (Wildman–Crippen LogP) is 3.22. The Hall–Kier alpha value is -2.97. The van der Waals surface area contributed by atoms with Crippen LogP contribution >= 0.6 is 11.3 Å². The van der Waals surface area contributed by atoms with E-state index in [0.717, 1.165) is 42.4 Å². The molecule has 0 unspecified atom stereocenters. The van der Waals surface area contributed by atoms with E-state index in [1.54, 1.807) is 24.9 Å². The molecule has 1 N–H and O–H groups in total. The molecular formula is C21H23N5O2S. The van der Waals surface area contributed by atoms with Crippen LogP contribution in [0.1, 0.15) is 10.5 Å². The zero-order valence-corrected chi connectivity index (χ0v) is 17.3. The molecule has 29 heavy (non-hydrogen) atoms. The van der Waals surface area contributed by atoms with Gasteiger partial charge in [0, 0.05) is 61.3 Å². The van der Waals surface area contributed by atoms with Gasteiger partial charge in [0.25, 0.3) is 5.91 Å². The molecule has 0 bridgehead atoms. The first-order chi connectivity index (χ1) is 14.1. The number of hydrogen-bond donors (Lipinski definition) is 1. The fourth-order valence-corrected chi connectivity index (χ4v) is 4.02. The standard InChI is InChI=1S/C21H23N5O2S/c1-25-8-10-26(11-9-25)16-5-6-17(19(12-16)28-2)23-20(27)18-14-29-21(24-18)15-4-3-7-22-13-15/h3-7,12-14H,8-11H2,1-2H3,(H,23,27). The third-order valence-electron chi connectivity index (χ3n) is 4.95. The molecule has 8 heteroatoms. The lowest BCUT2D eigenvalue weighted by Gasteiger charge is -2.34. The second-order valence-corrected chi connectivity index (χ2v) is 7.77. The van der Waals surface area contributed by atoms with Gasteiger partial charge in [0.1, 0.15) is 16.5 Å². The molecule has 1 fully saturated rings. The second kappa shape index (κ2) is 8.59. The molecule has 0 aliphatic carbocycles. The first-order valence-corrected chi connectivity index (χ1v) is 10.3. The average molecular weight is 410 g/mol. The number of thiazole rings is 1. The van der Waals surface area contributed by atoms with Gasteiger partial charge in [-0.25, -0.2) is 4.98 Å². The van der Waals surface area contributed by atoms with Crippen molar-refractivity contribution in [1.29, 1.82) is 0 Å². The van der Waals surface area contributed by atoms with Crippen LogP contribution in [-0.2, 0) is 0 Å². The lowest BCUT2D eigenvalue weighted by molar-refractivity contribution is 0.102. The van der Waals surface area contributed by atoms with Crippen LogP contribution in [0.25, 0.3) is 10.6 Å². The number of amides is 1. The number of piperazine rings is 1. The monoisotopic (exact) mass is 409 g/mol. The van der Waals surface area contributed by atoms with Gasteiger partial charge in [0.15, 0.2) is 0 Å². The van der Waals surface area contributed by atoms with E-state index in [-0.39, 0.29) is 5.91 Å². The normalized spacial score (nSPS) is 14.6. The van der Waals surface area contributed by atoms with E-state index in [9.17, 15) is 4.79 Å². The fourth-order valence-electron chi connectivity index (χ4n) is 3.23. The molecule has 3 heterocycles. The number of likely N-dealkylation sites (N-methyl/N-ethyl adjacent to an activating group) is 1. The van der Waals surface area contributed by atoms with Crippen molar-refractivity contribution < 1.29 is 9.53 Å². The molecule has 4 rings (SSSR count). The Bertz CT molecular complexity index is 984. The van der Waals surface area contributed by atoms with Crippen molar-refractivity contribution in [3.05, 3.63) is 53.8 Å². The Morgan fingerprint density at radius 3 is 2.76 bits per heavy atom. The molecule has 7 nitrogen and oxygen atoms in total. The molecule has 0 radical (unpaired) electrons. The summed E-state index contributed by atoms with van der Waals surface area (Å²) < 4.78 is 5.53. The van der Waals surface area contributed by atoms with E-state index in [1.165, 1.54) is 11.3 Å².